The highest BCUT2D eigenvalue weighted by Gasteiger charge is 2.03. The molecule has 0 atom stereocenters. The molecule has 0 saturated heterocycles. The minimum absolute atomic E-state index is 0.226. The second-order valence-corrected chi connectivity index (χ2v) is 5.61. The van der Waals surface area contributed by atoms with Crippen LogP contribution in [0.1, 0.15) is 27.9 Å². The van der Waals surface area contributed by atoms with Crippen LogP contribution < -0.4 is 16.0 Å². The standard InChI is InChI=1S/C18H22N4O3/c1-13-3-8-16(21-11-13)19-9-2-10-20-18(25)22-12-14-4-6-15(7-5-14)17(23)24/h3-8,11H,2,9-10,12H2,1H3,(H,19,21)(H,23,24)(H2,20,22,25). The van der Waals surface area contributed by atoms with Crippen LogP contribution in [0, 0.1) is 6.92 Å². The van der Waals surface area contributed by atoms with Crippen molar-refractivity contribution in [1.29, 1.82) is 0 Å². The van der Waals surface area contributed by atoms with Gasteiger partial charge in [0.15, 0.2) is 0 Å². The molecule has 1 aromatic carbocycles. The molecule has 0 fully saturated rings. The number of amides is 2. The van der Waals surface area contributed by atoms with E-state index in [0.717, 1.165) is 23.4 Å². The van der Waals surface area contributed by atoms with Crippen molar-refractivity contribution in [2.45, 2.75) is 19.9 Å². The number of nitrogens with zero attached hydrogens (tertiary/aromatic N) is 1. The number of nitrogens with one attached hydrogen (secondary N) is 3. The average molecular weight is 342 g/mol. The van der Waals surface area contributed by atoms with Crippen LogP contribution in [-0.2, 0) is 6.54 Å². The van der Waals surface area contributed by atoms with Crippen molar-refractivity contribution in [2.24, 2.45) is 0 Å². The van der Waals surface area contributed by atoms with E-state index in [2.05, 4.69) is 20.9 Å². The summed E-state index contributed by atoms with van der Waals surface area (Å²) in [7, 11) is 0. The van der Waals surface area contributed by atoms with Gasteiger partial charge in [0, 0.05) is 25.8 Å². The SMILES string of the molecule is Cc1ccc(NCCCNC(=O)NCc2ccc(C(=O)O)cc2)nc1. The number of aromatic nitrogens is 1. The van der Waals surface area contributed by atoms with Gasteiger partial charge in [0.1, 0.15) is 5.82 Å². The number of carbonyl (C=O) groups excluding carboxylic acids is 1. The van der Waals surface area contributed by atoms with Gasteiger partial charge in [-0.15, -0.1) is 0 Å². The van der Waals surface area contributed by atoms with Gasteiger partial charge < -0.3 is 21.1 Å². The maximum absolute atomic E-state index is 11.7. The first-order valence-electron chi connectivity index (χ1n) is 8.05. The zero-order chi connectivity index (χ0) is 18.1. The third kappa shape index (κ3) is 6.50. The van der Waals surface area contributed by atoms with Gasteiger partial charge in [-0.05, 0) is 42.7 Å². The van der Waals surface area contributed by atoms with Crippen LogP contribution in [0.3, 0.4) is 0 Å². The summed E-state index contributed by atoms with van der Waals surface area (Å²) in [6.45, 7) is 3.59. The second-order valence-electron chi connectivity index (χ2n) is 5.61. The summed E-state index contributed by atoms with van der Waals surface area (Å²) in [4.78, 5) is 26.7. The monoisotopic (exact) mass is 342 g/mol. The largest absolute Gasteiger partial charge is 0.478 e. The molecule has 0 bridgehead atoms. The second kappa shape index (κ2) is 9.27. The van der Waals surface area contributed by atoms with Crippen LogP contribution >= 0.6 is 0 Å². The summed E-state index contributed by atoms with van der Waals surface area (Å²) in [6.07, 6.45) is 2.58. The van der Waals surface area contributed by atoms with E-state index in [1.165, 1.54) is 12.1 Å². The summed E-state index contributed by atoms with van der Waals surface area (Å²) in [6, 6.07) is 10.1. The molecule has 7 heteroatoms. The highest BCUT2D eigenvalue weighted by atomic mass is 16.4. The molecule has 25 heavy (non-hydrogen) atoms. The molecular formula is C18H22N4O3. The zero-order valence-electron chi connectivity index (χ0n) is 14.1. The van der Waals surface area contributed by atoms with Crippen LogP contribution in [0.15, 0.2) is 42.6 Å². The number of aromatic carboxylic acids is 1. The van der Waals surface area contributed by atoms with Gasteiger partial charge >= 0.3 is 12.0 Å². The molecule has 0 unspecified atom stereocenters. The van der Waals surface area contributed by atoms with E-state index in [1.807, 2.05) is 19.1 Å². The van der Waals surface area contributed by atoms with Crippen molar-refractivity contribution in [1.82, 2.24) is 15.6 Å². The highest BCUT2D eigenvalue weighted by molar-refractivity contribution is 5.87. The molecular weight excluding hydrogens is 320 g/mol. The third-order valence-corrected chi connectivity index (χ3v) is 3.51. The number of carboxylic acids is 1. The number of carboxylic acid groups (broad SMARTS) is 1. The molecule has 2 aromatic rings. The third-order valence-electron chi connectivity index (χ3n) is 3.51. The van der Waals surface area contributed by atoms with Crippen molar-refractivity contribution in [3.8, 4) is 0 Å². The zero-order valence-corrected chi connectivity index (χ0v) is 14.1. The maximum atomic E-state index is 11.7. The Kier molecular flexibility index (Phi) is 6.76. The lowest BCUT2D eigenvalue weighted by Crippen LogP contribution is -2.36. The lowest BCUT2D eigenvalue weighted by Gasteiger charge is -2.09. The lowest BCUT2D eigenvalue weighted by molar-refractivity contribution is 0.0697. The van der Waals surface area contributed by atoms with Crippen LogP contribution in [0.5, 0.6) is 0 Å². The molecule has 0 saturated carbocycles. The molecule has 4 N–H and O–H groups in total. The summed E-state index contributed by atoms with van der Waals surface area (Å²) >= 11 is 0. The molecule has 2 amide bonds. The fourth-order valence-corrected chi connectivity index (χ4v) is 2.09. The predicted octanol–water partition coefficient (Wildman–Crippen LogP) is 2.39. The summed E-state index contributed by atoms with van der Waals surface area (Å²) in [5.74, 6) is -0.147. The number of urea groups is 1. The quantitative estimate of drug-likeness (QED) is 0.552. The average Bonchev–Trinajstić information content (AvgIpc) is 2.61. The summed E-state index contributed by atoms with van der Waals surface area (Å²) in [5.41, 5.74) is 2.18. The number of rotatable bonds is 8. The first kappa shape index (κ1) is 18.3. The van der Waals surface area contributed by atoms with E-state index in [1.54, 1.807) is 18.3 Å². The summed E-state index contributed by atoms with van der Waals surface area (Å²) in [5, 5.41) is 17.5. The van der Waals surface area contributed by atoms with E-state index in [0.29, 0.717) is 19.6 Å². The number of carbonyl (C=O) groups is 2. The van der Waals surface area contributed by atoms with E-state index in [4.69, 9.17) is 5.11 Å². The Labute approximate surface area is 146 Å². The van der Waals surface area contributed by atoms with Crippen LogP contribution in [0.4, 0.5) is 10.6 Å². The number of hydrogen-bond acceptors (Lipinski definition) is 4. The molecule has 2 rings (SSSR count). The normalized spacial score (nSPS) is 10.1. The van der Waals surface area contributed by atoms with Crippen molar-refractivity contribution in [3.05, 3.63) is 59.3 Å². The Morgan fingerprint density at radius 3 is 2.44 bits per heavy atom. The van der Waals surface area contributed by atoms with Gasteiger partial charge in [-0.2, -0.15) is 0 Å². The fraction of sp³-hybridized carbons (Fsp3) is 0.278. The van der Waals surface area contributed by atoms with E-state index in [-0.39, 0.29) is 11.6 Å². The van der Waals surface area contributed by atoms with Crippen molar-refractivity contribution in [3.63, 3.8) is 0 Å². The Morgan fingerprint density at radius 1 is 1.04 bits per heavy atom. The molecule has 132 valence electrons. The first-order valence-corrected chi connectivity index (χ1v) is 8.05. The Morgan fingerprint density at radius 2 is 1.80 bits per heavy atom. The van der Waals surface area contributed by atoms with E-state index < -0.39 is 5.97 Å². The smallest absolute Gasteiger partial charge is 0.335 e. The number of aryl methyl sites for hydroxylation is 1. The van der Waals surface area contributed by atoms with Crippen LogP contribution in [0.25, 0.3) is 0 Å². The van der Waals surface area contributed by atoms with E-state index >= 15 is 0 Å². The van der Waals surface area contributed by atoms with Gasteiger partial charge in [0.2, 0.25) is 0 Å². The van der Waals surface area contributed by atoms with Gasteiger partial charge in [-0.25, -0.2) is 14.6 Å². The van der Waals surface area contributed by atoms with Crippen molar-refractivity contribution in [2.75, 3.05) is 18.4 Å². The molecule has 0 spiro atoms. The van der Waals surface area contributed by atoms with Crippen LogP contribution in [0.2, 0.25) is 0 Å². The molecule has 1 aromatic heterocycles. The molecule has 1 heterocycles. The predicted molar refractivity (Wildman–Crippen MR) is 95.7 cm³/mol. The fourth-order valence-electron chi connectivity index (χ4n) is 2.09. The number of anilines is 1. The molecule has 0 aliphatic rings. The number of pyridine rings is 1. The van der Waals surface area contributed by atoms with E-state index in [9.17, 15) is 9.59 Å². The van der Waals surface area contributed by atoms with Gasteiger partial charge in [0.05, 0.1) is 5.56 Å². The Hall–Kier alpha value is -3.09. The topological polar surface area (TPSA) is 103 Å². The lowest BCUT2D eigenvalue weighted by atomic mass is 10.1. The highest BCUT2D eigenvalue weighted by Crippen LogP contribution is 2.04. The molecule has 0 aliphatic heterocycles. The minimum Gasteiger partial charge on any atom is -0.478 e. The van der Waals surface area contributed by atoms with Gasteiger partial charge in [0.25, 0.3) is 0 Å². The Balaban J connectivity index is 1.59. The number of hydrogen-bond donors (Lipinski definition) is 4. The summed E-state index contributed by atoms with van der Waals surface area (Å²) < 4.78 is 0. The Bertz CT molecular complexity index is 699. The maximum Gasteiger partial charge on any atom is 0.335 e. The molecule has 0 aliphatic carbocycles. The minimum atomic E-state index is -0.966. The first-order chi connectivity index (χ1) is 12.0. The van der Waals surface area contributed by atoms with Crippen LogP contribution in [-0.4, -0.2) is 35.2 Å². The van der Waals surface area contributed by atoms with Gasteiger partial charge in [-0.1, -0.05) is 18.2 Å². The molecule has 0 radical (unpaired) electrons. The van der Waals surface area contributed by atoms with Crippen molar-refractivity contribution >= 4 is 17.8 Å². The molecule has 7 nitrogen and oxygen atoms in total. The number of benzene rings is 1. The van der Waals surface area contributed by atoms with Gasteiger partial charge in [-0.3, -0.25) is 0 Å². The van der Waals surface area contributed by atoms with Crippen molar-refractivity contribution < 1.29 is 14.7 Å².